The zero-order valence-corrected chi connectivity index (χ0v) is 17.6. The SMILES string of the molecule is COc1cc(OCC2CO2)cc(-c2cc(OCC3CO3)cc(OC)c2OC)c1OC. The van der Waals surface area contributed by atoms with E-state index < -0.39 is 0 Å². The summed E-state index contributed by atoms with van der Waals surface area (Å²) >= 11 is 0. The molecule has 0 saturated carbocycles. The van der Waals surface area contributed by atoms with Crippen LogP contribution in [0.4, 0.5) is 0 Å². The van der Waals surface area contributed by atoms with Crippen molar-refractivity contribution in [3.63, 3.8) is 0 Å². The Labute approximate surface area is 175 Å². The minimum Gasteiger partial charge on any atom is -0.493 e. The highest BCUT2D eigenvalue weighted by atomic mass is 16.6. The molecule has 0 bridgehead atoms. The quantitative estimate of drug-likeness (QED) is 0.516. The van der Waals surface area contributed by atoms with Gasteiger partial charge in [-0.1, -0.05) is 0 Å². The summed E-state index contributed by atoms with van der Waals surface area (Å²) in [7, 11) is 6.35. The van der Waals surface area contributed by atoms with E-state index in [4.69, 9.17) is 37.9 Å². The Balaban J connectivity index is 1.78. The predicted molar refractivity (Wildman–Crippen MR) is 109 cm³/mol. The lowest BCUT2D eigenvalue weighted by atomic mass is 10.0. The second-order valence-electron chi connectivity index (χ2n) is 6.95. The summed E-state index contributed by atoms with van der Waals surface area (Å²) < 4.78 is 44.7. The maximum atomic E-state index is 5.90. The second kappa shape index (κ2) is 8.89. The van der Waals surface area contributed by atoms with Gasteiger partial charge in [0.05, 0.1) is 41.7 Å². The standard InChI is InChI=1S/C22H26O8/c1-23-19-7-13(27-9-15-11-29-15)5-17(21(19)25-3)18-6-14(28-10-16-12-30-16)8-20(24-2)22(18)26-4/h5-8,15-16H,9-12H2,1-4H3. The number of benzene rings is 2. The van der Waals surface area contributed by atoms with Gasteiger partial charge in [0.1, 0.15) is 36.9 Å². The summed E-state index contributed by atoms with van der Waals surface area (Å²) in [6.45, 7) is 2.38. The highest BCUT2D eigenvalue weighted by Crippen LogP contribution is 2.49. The van der Waals surface area contributed by atoms with Gasteiger partial charge in [0.25, 0.3) is 0 Å². The van der Waals surface area contributed by atoms with Crippen molar-refractivity contribution >= 4 is 0 Å². The van der Waals surface area contributed by atoms with Gasteiger partial charge < -0.3 is 37.9 Å². The summed E-state index contributed by atoms with van der Waals surface area (Å²) in [6, 6.07) is 7.35. The smallest absolute Gasteiger partial charge is 0.168 e. The molecule has 2 aromatic carbocycles. The molecule has 0 N–H and O–H groups in total. The third-order valence-corrected chi connectivity index (χ3v) is 4.87. The molecule has 0 radical (unpaired) electrons. The van der Waals surface area contributed by atoms with Crippen LogP contribution < -0.4 is 28.4 Å². The summed E-state index contributed by atoms with van der Waals surface area (Å²) in [5.41, 5.74) is 1.46. The third-order valence-electron chi connectivity index (χ3n) is 4.87. The van der Waals surface area contributed by atoms with Crippen LogP contribution in [0.3, 0.4) is 0 Å². The van der Waals surface area contributed by atoms with E-state index in [9.17, 15) is 0 Å². The number of epoxide rings is 2. The monoisotopic (exact) mass is 418 g/mol. The molecule has 162 valence electrons. The fourth-order valence-corrected chi connectivity index (χ4v) is 3.15. The second-order valence-corrected chi connectivity index (χ2v) is 6.95. The number of methoxy groups -OCH3 is 4. The van der Waals surface area contributed by atoms with Gasteiger partial charge in [0.2, 0.25) is 0 Å². The normalized spacial score (nSPS) is 19.1. The number of rotatable bonds is 11. The summed E-state index contributed by atoms with van der Waals surface area (Å²) in [4.78, 5) is 0. The lowest BCUT2D eigenvalue weighted by Gasteiger charge is -2.19. The van der Waals surface area contributed by atoms with Crippen LogP contribution in [-0.4, -0.2) is 67.1 Å². The minimum absolute atomic E-state index is 0.137. The summed E-state index contributed by atoms with van der Waals surface area (Å²) in [5.74, 6) is 3.46. The molecule has 30 heavy (non-hydrogen) atoms. The van der Waals surface area contributed by atoms with Crippen LogP contribution in [0, 0.1) is 0 Å². The molecule has 2 aromatic rings. The molecule has 2 unspecified atom stereocenters. The van der Waals surface area contributed by atoms with Gasteiger partial charge in [0.15, 0.2) is 23.0 Å². The van der Waals surface area contributed by atoms with E-state index in [1.807, 2.05) is 12.1 Å². The lowest BCUT2D eigenvalue weighted by molar-refractivity contribution is 0.260. The lowest BCUT2D eigenvalue weighted by Crippen LogP contribution is -2.06. The summed E-state index contributed by atoms with van der Waals surface area (Å²) in [5, 5.41) is 0. The van der Waals surface area contributed by atoms with Crippen molar-refractivity contribution in [2.45, 2.75) is 12.2 Å². The van der Waals surface area contributed by atoms with Crippen molar-refractivity contribution in [3.8, 4) is 45.6 Å². The highest BCUT2D eigenvalue weighted by molar-refractivity contribution is 5.83. The molecule has 0 spiro atoms. The van der Waals surface area contributed by atoms with E-state index in [0.717, 1.165) is 24.3 Å². The van der Waals surface area contributed by atoms with Crippen LogP contribution in [0.1, 0.15) is 0 Å². The van der Waals surface area contributed by atoms with E-state index in [1.165, 1.54) is 0 Å². The Morgan fingerprint density at radius 2 is 1.07 bits per heavy atom. The molecule has 8 nitrogen and oxygen atoms in total. The van der Waals surface area contributed by atoms with Gasteiger partial charge in [-0.05, 0) is 12.1 Å². The van der Waals surface area contributed by atoms with E-state index in [-0.39, 0.29) is 12.2 Å². The molecule has 0 aromatic heterocycles. The van der Waals surface area contributed by atoms with Crippen LogP contribution in [0.15, 0.2) is 24.3 Å². The molecule has 8 heteroatoms. The van der Waals surface area contributed by atoms with E-state index in [2.05, 4.69) is 0 Å². The first kappa shape index (κ1) is 20.4. The van der Waals surface area contributed by atoms with Crippen molar-refractivity contribution in [2.24, 2.45) is 0 Å². The molecule has 0 aliphatic carbocycles. The maximum absolute atomic E-state index is 5.90. The Morgan fingerprint density at radius 3 is 1.37 bits per heavy atom. The largest absolute Gasteiger partial charge is 0.493 e. The van der Waals surface area contributed by atoms with E-state index in [1.54, 1.807) is 40.6 Å². The number of hydrogen-bond acceptors (Lipinski definition) is 8. The van der Waals surface area contributed by atoms with Gasteiger partial charge >= 0.3 is 0 Å². The van der Waals surface area contributed by atoms with Crippen LogP contribution in [0.25, 0.3) is 11.1 Å². The molecular weight excluding hydrogens is 392 g/mol. The van der Waals surface area contributed by atoms with Crippen LogP contribution >= 0.6 is 0 Å². The zero-order valence-electron chi connectivity index (χ0n) is 17.6. The van der Waals surface area contributed by atoms with E-state index >= 15 is 0 Å². The first-order valence-corrected chi connectivity index (χ1v) is 9.68. The van der Waals surface area contributed by atoms with Gasteiger partial charge in [-0.15, -0.1) is 0 Å². The van der Waals surface area contributed by atoms with Crippen molar-refractivity contribution in [1.29, 1.82) is 0 Å². The first-order chi connectivity index (χ1) is 14.7. The summed E-state index contributed by atoms with van der Waals surface area (Å²) in [6.07, 6.45) is 0.273. The van der Waals surface area contributed by atoms with Crippen molar-refractivity contribution in [3.05, 3.63) is 24.3 Å². The molecule has 4 rings (SSSR count). The Bertz CT molecular complexity index is 816. The molecule has 2 aliphatic heterocycles. The molecule has 2 fully saturated rings. The molecule has 2 atom stereocenters. The molecular formula is C22H26O8. The Kier molecular flexibility index (Phi) is 6.06. The van der Waals surface area contributed by atoms with Crippen molar-refractivity contribution < 1.29 is 37.9 Å². The van der Waals surface area contributed by atoms with Crippen molar-refractivity contribution in [1.82, 2.24) is 0 Å². The fraction of sp³-hybridized carbons (Fsp3) is 0.455. The van der Waals surface area contributed by atoms with Gasteiger partial charge in [-0.3, -0.25) is 0 Å². The molecule has 2 aliphatic rings. The average molecular weight is 418 g/mol. The fourth-order valence-electron chi connectivity index (χ4n) is 3.15. The zero-order chi connectivity index (χ0) is 21.1. The van der Waals surface area contributed by atoms with Crippen LogP contribution in [0.2, 0.25) is 0 Å². The Morgan fingerprint density at radius 1 is 0.667 bits per heavy atom. The van der Waals surface area contributed by atoms with Crippen molar-refractivity contribution in [2.75, 3.05) is 54.9 Å². The molecule has 2 heterocycles. The topological polar surface area (TPSA) is 80.4 Å². The molecule has 2 saturated heterocycles. The van der Waals surface area contributed by atoms with Gasteiger partial charge in [-0.25, -0.2) is 0 Å². The first-order valence-electron chi connectivity index (χ1n) is 9.68. The Hall–Kier alpha value is -2.84. The minimum atomic E-state index is 0.137. The number of ether oxygens (including phenoxy) is 8. The highest BCUT2D eigenvalue weighted by Gasteiger charge is 2.26. The van der Waals surface area contributed by atoms with E-state index in [0.29, 0.717) is 47.7 Å². The number of hydrogen-bond donors (Lipinski definition) is 0. The van der Waals surface area contributed by atoms with Crippen LogP contribution in [-0.2, 0) is 9.47 Å². The average Bonchev–Trinajstić information content (AvgIpc) is 3.69. The molecule has 0 amide bonds. The van der Waals surface area contributed by atoms with Crippen LogP contribution in [0.5, 0.6) is 34.5 Å². The predicted octanol–water partition coefficient (Wildman–Crippen LogP) is 2.94. The van der Waals surface area contributed by atoms with Gasteiger partial charge in [-0.2, -0.15) is 0 Å². The third kappa shape index (κ3) is 4.49. The van der Waals surface area contributed by atoms with Gasteiger partial charge in [0, 0.05) is 23.3 Å². The maximum Gasteiger partial charge on any atom is 0.168 e.